The summed E-state index contributed by atoms with van der Waals surface area (Å²) in [4.78, 5) is 2.17. The predicted molar refractivity (Wildman–Crippen MR) is 80.0 cm³/mol. The minimum atomic E-state index is 0.703. The highest BCUT2D eigenvalue weighted by atomic mass is 32.1. The molecule has 0 aliphatic carbocycles. The molecule has 1 N–H and O–H groups in total. The van der Waals surface area contributed by atoms with Gasteiger partial charge in [0.1, 0.15) is 5.69 Å². The molecule has 1 aromatic heterocycles. The molecule has 0 atom stereocenters. The lowest BCUT2D eigenvalue weighted by Crippen LogP contribution is -2.41. The van der Waals surface area contributed by atoms with Crippen molar-refractivity contribution in [3.05, 3.63) is 24.0 Å². The third kappa shape index (κ3) is 3.96. The average molecular weight is 277 g/mol. The van der Waals surface area contributed by atoms with Crippen LogP contribution in [0.2, 0.25) is 0 Å². The van der Waals surface area contributed by atoms with Gasteiger partial charge in [-0.3, -0.25) is 5.43 Å². The number of hydrogen-bond acceptors (Lipinski definition) is 4. The van der Waals surface area contributed by atoms with Gasteiger partial charge in [-0.05, 0) is 50.0 Å². The molecule has 19 heavy (non-hydrogen) atoms. The van der Waals surface area contributed by atoms with Crippen LogP contribution >= 0.6 is 12.2 Å². The third-order valence-corrected chi connectivity index (χ3v) is 3.48. The fourth-order valence-electron chi connectivity index (χ4n) is 2.06. The zero-order chi connectivity index (χ0) is 13.5. The Morgan fingerprint density at radius 3 is 2.84 bits per heavy atom. The van der Waals surface area contributed by atoms with Crippen molar-refractivity contribution < 1.29 is 0 Å². The quantitative estimate of drug-likeness (QED) is 0.520. The summed E-state index contributed by atoms with van der Waals surface area (Å²) < 4.78 is 0. The molecular formula is C13H19N5S. The Labute approximate surface area is 119 Å². The SMILES string of the molecule is CC/C(=N\NC(=S)N1CCCCC1)c1cccnn1. The van der Waals surface area contributed by atoms with E-state index in [0.29, 0.717) is 5.11 Å². The van der Waals surface area contributed by atoms with E-state index in [0.717, 1.165) is 30.9 Å². The Hall–Kier alpha value is -1.56. The fraction of sp³-hybridized carbons (Fsp3) is 0.538. The second kappa shape index (κ2) is 7.13. The highest BCUT2D eigenvalue weighted by molar-refractivity contribution is 7.80. The van der Waals surface area contributed by atoms with Gasteiger partial charge in [0, 0.05) is 19.3 Å². The number of aromatic nitrogens is 2. The maximum atomic E-state index is 5.36. The Morgan fingerprint density at radius 2 is 2.21 bits per heavy atom. The Morgan fingerprint density at radius 1 is 1.42 bits per heavy atom. The zero-order valence-corrected chi connectivity index (χ0v) is 12.0. The molecule has 1 saturated heterocycles. The first kappa shape index (κ1) is 13.9. The molecule has 0 spiro atoms. The van der Waals surface area contributed by atoms with Gasteiger partial charge >= 0.3 is 0 Å². The molecule has 2 rings (SSSR count). The normalized spacial score (nSPS) is 16.3. The molecule has 6 heteroatoms. The van der Waals surface area contributed by atoms with E-state index in [1.54, 1.807) is 6.20 Å². The lowest BCUT2D eigenvalue weighted by molar-refractivity contribution is 0.338. The lowest BCUT2D eigenvalue weighted by atomic mass is 10.1. The molecule has 0 radical (unpaired) electrons. The van der Waals surface area contributed by atoms with Crippen LogP contribution in [-0.4, -0.2) is 39.0 Å². The topological polar surface area (TPSA) is 53.4 Å². The molecule has 1 fully saturated rings. The van der Waals surface area contributed by atoms with E-state index in [2.05, 4.69) is 25.6 Å². The van der Waals surface area contributed by atoms with Crippen LogP contribution in [0.3, 0.4) is 0 Å². The average Bonchev–Trinajstić information content (AvgIpc) is 2.49. The Bertz CT molecular complexity index is 440. The third-order valence-electron chi connectivity index (χ3n) is 3.13. The smallest absolute Gasteiger partial charge is 0.189 e. The van der Waals surface area contributed by atoms with Crippen LogP contribution < -0.4 is 5.43 Å². The van der Waals surface area contributed by atoms with Gasteiger partial charge in [0.25, 0.3) is 0 Å². The predicted octanol–water partition coefficient (Wildman–Crippen LogP) is 1.95. The summed E-state index contributed by atoms with van der Waals surface area (Å²) in [6, 6.07) is 3.76. The van der Waals surface area contributed by atoms with Crippen molar-refractivity contribution in [1.82, 2.24) is 20.5 Å². The van der Waals surface area contributed by atoms with E-state index in [4.69, 9.17) is 12.2 Å². The van der Waals surface area contributed by atoms with Crippen LogP contribution in [0.25, 0.3) is 0 Å². The van der Waals surface area contributed by atoms with Crippen molar-refractivity contribution in [3.63, 3.8) is 0 Å². The summed E-state index contributed by atoms with van der Waals surface area (Å²) in [5.41, 5.74) is 4.64. The molecule has 0 aromatic carbocycles. The van der Waals surface area contributed by atoms with E-state index in [-0.39, 0.29) is 0 Å². The van der Waals surface area contributed by atoms with Crippen molar-refractivity contribution in [1.29, 1.82) is 0 Å². The molecule has 0 bridgehead atoms. The largest absolute Gasteiger partial charge is 0.348 e. The van der Waals surface area contributed by atoms with Gasteiger partial charge in [0.15, 0.2) is 5.11 Å². The standard InChI is InChI=1S/C13H19N5S/c1-2-11(12-7-6-8-14-15-12)16-17-13(19)18-9-4-3-5-10-18/h6-8H,2-5,9-10H2,1H3,(H,17,19)/b16-11+. The summed E-state index contributed by atoms with van der Waals surface area (Å²) in [5.74, 6) is 0. The first-order valence-electron chi connectivity index (χ1n) is 6.71. The first-order chi connectivity index (χ1) is 9.31. The van der Waals surface area contributed by atoms with Crippen LogP contribution in [-0.2, 0) is 0 Å². The van der Waals surface area contributed by atoms with Gasteiger partial charge in [-0.15, -0.1) is 5.10 Å². The molecule has 1 aromatic rings. The van der Waals surface area contributed by atoms with Crippen molar-refractivity contribution in [2.24, 2.45) is 5.10 Å². The molecule has 5 nitrogen and oxygen atoms in total. The van der Waals surface area contributed by atoms with E-state index < -0.39 is 0 Å². The number of piperidine rings is 1. The van der Waals surface area contributed by atoms with Crippen LogP contribution in [0.4, 0.5) is 0 Å². The second-order valence-electron chi connectivity index (χ2n) is 4.49. The van der Waals surface area contributed by atoms with Gasteiger partial charge < -0.3 is 4.90 Å². The van der Waals surface area contributed by atoms with Gasteiger partial charge in [0.2, 0.25) is 0 Å². The monoisotopic (exact) mass is 277 g/mol. The van der Waals surface area contributed by atoms with Crippen molar-refractivity contribution in [2.45, 2.75) is 32.6 Å². The summed E-state index contributed by atoms with van der Waals surface area (Å²) >= 11 is 5.36. The lowest BCUT2D eigenvalue weighted by Gasteiger charge is -2.28. The second-order valence-corrected chi connectivity index (χ2v) is 4.87. The molecular weight excluding hydrogens is 258 g/mol. The molecule has 0 saturated carbocycles. The summed E-state index contributed by atoms with van der Waals surface area (Å²) in [5, 5.41) is 13.0. The first-order valence-corrected chi connectivity index (χ1v) is 7.11. The Balaban J connectivity index is 1.97. The Kier molecular flexibility index (Phi) is 5.20. The summed E-state index contributed by atoms with van der Waals surface area (Å²) in [6.45, 7) is 4.08. The van der Waals surface area contributed by atoms with Crippen LogP contribution in [0.15, 0.2) is 23.4 Å². The van der Waals surface area contributed by atoms with Crippen molar-refractivity contribution in [2.75, 3.05) is 13.1 Å². The van der Waals surface area contributed by atoms with E-state index >= 15 is 0 Å². The number of nitrogens with one attached hydrogen (secondary N) is 1. The molecule has 1 aliphatic heterocycles. The van der Waals surface area contributed by atoms with Gasteiger partial charge in [-0.1, -0.05) is 6.92 Å². The summed E-state index contributed by atoms with van der Waals surface area (Å²) in [6.07, 6.45) is 6.14. The maximum Gasteiger partial charge on any atom is 0.189 e. The van der Waals surface area contributed by atoms with Crippen LogP contribution in [0, 0.1) is 0 Å². The summed E-state index contributed by atoms with van der Waals surface area (Å²) in [7, 11) is 0. The van der Waals surface area contributed by atoms with Crippen molar-refractivity contribution >= 4 is 23.0 Å². The minimum absolute atomic E-state index is 0.703. The number of nitrogens with zero attached hydrogens (tertiary/aromatic N) is 4. The number of likely N-dealkylation sites (tertiary alicyclic amines) is 1. The number of hydrogen-bond donors (Lipinski definition) is 1. The maximum absolute atomic E-state index is 5.36. The number of hydrazone groups is 1. The number of rotatable bonds is 3. The van der Waals surface area contributed by atoms with E-state index in [1.807, 2.05) is 19.1 Å². The molecule has 2 heterocycles. The highest BCUT2D eigenvalue weighted by Gasteiger charge is 2.13. The van der Waals surface area contributed by atoms with E-state index in [9.17, 15) is 0 Å². The molecule has 102 valence electrons. The van der Waals surface area contributed by atoms with Gasteiger partial charge in [0.05, 0.1) is 5.71 Å². The minimum Gasteiger partial charge on any atom is -0.348 e. The zero-order valence-electron chi connectivity index (χ0n) is 11.2. The molecule has 0 unspecified atom stereocenters. The van der Waals surface area contributed by atoms with Crippen LogP contribution in [0.1, 0.15) is 38.3 Å². The number of thiocarbonyl (C=S) groups is 1. The van der Waals surface area contributed by atoms with E-state index in [1.165, 1.54) is 19.3 Å². The molecule has 1 aliphatic rings. The van der Waals surface area contributed by atoms with Crippen molar-refractivity contribution in [3.8, 4) is 0 Å². The highest BCUT2D eigenvalue weighted by Crippen LogP contribution is 2.08. The van der Waals surface area contributed by atoms with Gasteiger partial charge in [-0.25, -0.2) is 0 Å². The molecule has 0 amide bonds. The fourth-order valence-corrected chi connectivity index (χ4v) is 2.28. The van der Waals surface area contributed by atoms with Gasteiger partial charge in [-0.2, -0.15) is 10.2 Å². The van der Waals surface area contributed by atoms with Crippen LogP contribution in [0.5, 0.6) is 0 Å².